The minimum Gasteiger partial charge on any atom is -0.369 e. The van der Waals surface area contributed by atoms with Crippen LogP contribution in [0.25, 0.3) is 0 Å². The largest absolute Gasteiger partial charge is 0.369 e. The van der Waals surface area contributed by atoms with Crippen molar-refractivity contribution in [3.8, 4) is 0 Å². The molecule has 7 nitrogen and oxygen atoms in total. The fourth-order valence-corrected chi connectivity index (χ4v) is 2.41. The van der Waals surface area contributed by atoms with E-state index in [1.807, 2.05) is 6.92 Å². The summed E-state index contributed by atoms with van der Waals surface area (Å²) < 4.78 is 0. The van der Waals surface area contributed by atoms with E-state index in [9.17, 15) is 4.79 Å². The number of hydrogen-bond donors (Lipinski definition) is 3. The van der Waals surface area contributed by atoms with Gasteiger partial charge in [-0.1, -0.05) is 6.92 Å². The Morgan fingerprint density at radius 2 is 2.30 bits per heavy atom. The Kier molecular flexibility index (Phi) is 4.08. The van der Waals surface area contributed by atoms with Crippen molar-refractivity contribution in [2.24, 2.45) is 17.0 Å². The highest BCUT2D eigenvalue weighted by Crippen LogP contribution is 2.32. The van der Waals surface area contributed by atoms with E-state index in [2.05, 4.69) is 27.2 Å². The Balaban J connectivity index is 2.25. The van der Waals surface area contributed by atoms with Crippen molar-refractivity contribution in [3.63, 3.8) is 0 Å². The summed E-state index contributed by atoms with van der Waals surface area (Å²) in [4.78, 5) is 22.4. The summed E-state index contributed by atoms with van der Waals surface area (Å²) in [6.07, 6.45) is 2.50. The number of anilines is 2. The van der Waals surface area contributed by atoms with Crippen molar-refractivity contribution in [1.29, 1.82) is 0 Å². The highest BCUT2D eigenvalue weighted by atomic mass is 16.1. The average Bonchev–Trinajstić information content (AvgIpc) is 2.83. The molecule has 1 aliphatic rings. The molecule has 1 aromatic heterocycles. The van der Waals surface area contributed by atoms with Crippen molar-refractivity contribution >= 4 is 17.5 Å². The Bertz CT molecular complexity index is 506. The third kappa shape index (κ3) is 2.82. The summed E-state index contributed by atoms with van der Waals surface area (Å²) in [6.45, 7) is 5.30. The van der Waals surface area contributed by atoms with E-state index in [0.717, 1.165) is 37.4 Å². The second-order valence-corrected chi connectivity index (χ2v) is 5.52. The summed E-state index contributed by atoms with van der Waals surface area (Å²) in [6, 6.07) is 1.80. The van der Waals surface area contributed by atoms with Gasteiger partial charge in [-0.15, -0.1) is 0 Å². The molecule has 2 rings (SSSR count). The summed E-state index contributed by atoms with van der Waals surface area (Å²) in [5.74, 6) is 7.32. The number of nitrogens with zero attached hydrogens (tertiary/aromatic N) is 3. The third-order valence-corrected chi connectivity index (χ3v) is 3.77. The van der Waals surface area contributed by atoms with Crippen LogP contribution in [0.1, 0.15) is 32.5 Å². The molecule has 2 heterocycles. The van der Waals surface area contributed by atoms with Crippen LogP contribution in [0.15, 0.2) is 6.07 Å². The smallest absolute Gasteiger partial charge is 0.225 e. The van der Waals surface area contributed by atoms with Gasteiger partial charge in [-0.05, 0) is 19.8 Å². The third-order valence-electron chi connectivity index (χ3n) is 3.77. The molecule has 1 aliphatic heterocycles. The number of hydrazine groups is 1. The molecule has 1 atom stereocenters. The van der Waals surface area contributed by atoms with Gasteiger partial charge in [-0.3, -0.25) is 4.79 Å². The lowest BCUT2D eigenvalue weighted by Gasteiger charge is -2.22. The molecule has 1 amide bonds. The van der Waals surface area contributed by atoms with Gasteiger partial charge in [0, 0.05) is 25.6 Å². The zero-order valence-corrected chi connectivity index (χ0v) is 12.0. The minimum atomic E-state index is -0.494. The normalized spacial score (nSPS) is 22.1. The second kappa shape index (κ2) is 5.62. The number of nitrogens with two attached hydrogens (primary N) is 2. The van der Waals surface area contributed by atoms with E-state index in [1.54, 1.807) is 6.07 Å². The fraction of sp³-hybridized carbons (Fsp3) is 0.615. The van der Waals surface area contributed by atoms with Gasteiger partial charge < -0.3 is 16.1 Å². The molecule has 110 valence electrons. The number of nitrogen functional groups attached to an aromatic ring is 1. The Morgan fingerprint density at radius 3 is 2.85 bits per heavy atom. The lowest BCUT2D eigenvalue weighted by Crippen LogP contribution is -2.37. The van der Waals surface area contributed by atoms with Gasteiger partial charge in [0.05, 0.1) is 5.41 Å². The van der Waals surface area contributed by atoms with Crippen LogP contribution >= 0.6 is 0 Å². The lowest BCUT2D eigenvalue weighted by molar-refractivity contribution is -0.125. The average molecular weight is 278 g/mol. The predicted molar refractivity (Wildman–Crippen MR) is 78.0 cm³/mol. The molecule has 20 heavy (non-hydrogen) atoms. The van der Waals surface area contributed by atoms with Crippen LogP contribution in [0, 0.1) is 5.41 Å². The number of aromatic nitrogens is 2. The summed E-state index contributed by atoms with van der Waals surface area (Å²) in [7, 11) is 0. The fourth-order valence-electron chi connectivity index (χ4n) is 2.41. The topological polar surface area (TPSA) is 110 Å². The first-order valence-electron chi connectivity index (χ1n) is 6.88. The second-order valence-electron chi connectivity index (χ2n) is 5.52. The molecule has 1 fully saturated rings. The molecule has 1 saturated heterocycles. The Labute approximate surface area is 118 Å². The number of rotatable bonds is 5. The number of aryl methyl sites for hydroxylation is 1. The maximum atomic E-state index is 11.5. The SMILES string of the molecule is CCCc1nc(NN)cc(N2CCC(C)(C(N)=O)C2)n1. The Morgan fingerprint density at radius 1 is 1.55 bits per heavy atom. The first-order valence-corrected chi connectivity index (χ1v) is 6.88. The highest BCUT2D eigenvalue weighted by molar-refractivity contribution is 5.82. The first kappa shape index (κ1) is 14.5. The molecule has 1 aromatic rings. The van der Waals surface area contributed by atoms with Crippen molar-refractivity contribution in [2.45, 2.75) is 33.1 Å². The molecule has 0 saturated carbocycles. The van der Waals surface area contributed by atoms with Gasteiger partial charge in [0.25, 0.3) is 0 Å². The van der Waals surface area contributed by atoms with E-state index in [-0.39, 0.29) is 5.91 Å². The quantitative estimate of drug-likeness (QED) is 0.531. The van der Waals surface area contributed by atoms with Crippen molar-refractivity contribution in [3.05, 3.63) is 11.9 Å². The number of primary amides is 1. The number of hydrogen-bond acceptors (Lipinski definition) is 6. The number of amides is 1. The van der Waals surface area contributed by atoms with E-state index < -0.39 is 5.41 Å². The minimum absolute atomic E-state index is 0.264. The molecule has 0 spiro atoms. The van der Waals surface area contributed by atoms with Gasteiger partial charge in [0.15, 0.2) is 0 Å². The number of carbonyl (C=O) groups excluding carboxylic acids is 1. The molecular formula is C13H22N6O. The van der Waals surface area contributed by atoms with Crippen LogP contribution in [0.3, 0.4) is 0 Å². The van der Waals surface area contributed by atoms with Crippen molar-refractivity contribution in [2.75, 3.05) is 23.4 Å². The lowest BCUT2D eigenvalue weighted by atomic mass is 9.89. The first-order chi connectivity index (χ1) is 9.48. The molecule has 1 unspecified atom stereocenters. The molecule has 0 radical (unpaired) electrons. The number of carbonyl (C=O) groups is 1. The molecule has 0 aliphatic carbocycles. The zero-order valence-electron chi connectivity index (χ0n) is 12.0. The molecule has 0 bridgehead atoms. The molecular weight excluding hydrogens is 256 g/mol. The van der Waals surface area contributed by atoms with E-state index in [4.69, 9.17) is 11.6 Å². The van der Waals surface area contributed by atoms with Crippen LogP contribution < -0.4 is 21.9 Å². The van der Waals surface area contributed by atoms with Crippen LogP contribution in [-0.2, 0) is 11.2 Å². The maximum absolute atomic E-state index is 11.5. The molecule has 5 N–H and O–H groups in total. The van der Waals surface area contributed by atoms with Crippen molar-refractivity contribution < 1.29 is 4.79 Å². The molecule has 7 heteroatoms. The monoisotopic (exact) mass is 278 g/mol. The van der Waals surface area contributed by atoms with Gasteiger partial charge in [-0.25, -0.2) is 15.8 Å². The van der Waals surface area contributed by atoms with Crippen LogP contribution in [0.5, 0.6) is 0 Å². The summed E-state index contributed by atoms with van der Waals surface area (Å²) >= 11 is 0. The van der Waals surface area contributed by atoms with E-state index >= 15 is 0 Å². The van der Waals surface area contributed by atoms with Crippen LogP contribution in [-0.4, -0.2) is 29.0 Å². The van der Waals surface area contributed by atoms with E-state index in [1.165, 1.54) is 0 Å². The van der Waals surface area contributed by atoms with Gasteiger partial charge in [0.2, 0.25) is 5.91 Å². The van der Waals surface area contributed by atoms with Crippen LogP contribution in [0.2, 0.25) is 0 Å². The van der Waals surface area contributed by atoms with Gasteiger partial charge >= 0.3 is 0 Å². The summed E-state index contributed by atoms with van der Waals surface area (Å²) in [5, 5.41) is 0. The summed E-state index contributed by atoms with van der Waals surface area (Å²) in [5.41, 5.74) is 7.55. The predicted octanol–water partition coefficient (Wildman–Crippen LogP) is 0.416. The number of nitrogens with one attached hydrogen (secondary N) is 1. The Hall–Kier alpha value is -1.89. The maximum Gasteiger partial charge on any atom is 0.225 e. The molecule has 0 aromatic carbocycles. The zero-order chi connectivity index (χ0) is 14.8. The van der Waals surface area contributed by atoms with E-state index in [0.29, 0.717) is 12.4 Å². The van der Waals surface area contributed by atoms with Gasteiger partial charge in [-0.2, -0.15) is 0 Å². The highest BCUT2D eigenvalue weighted by Gasteiger charge is 2.39. The van der Waals surface area contributed by atoms with Crippen molar-refractivity contribution in [1.82, 2.24) is 9.97 Å². The standard InChI is InChI=1S/C13H22N6O/c1-3-4-9-16-10(18-15)7-11(17-9)19-6-5-13(2,8-19)12(14)20/h7H,3-6,8,15H2,1-2H3,(H2,14,20)(H,16,17,18). The van der Waals surface area contributed by atoms with Crippen LogP contribution in [0.4, 0.5) is 11.6 Å². The van der Waals surface area contributed by atoms with Gasteiger partial charge in [0.1, 0.15) is 17.5 Å².